The van der Waals surface area contributed by atoms with Crippen LogP contribution in [0.3, 0.4) is 0 Å². The van der Waals surface area contributed by atoms with E-state index in [4.69, 9.17) is 5.11 Å². The van der Waals surface area contributed by atoms with Crippen molar-refractivity contribution >= 4 is 11.9 Å². The smallest absolute Gasteiger partial charge is 0.311 e. The number of rotatable bonds is 8. The van der Waals surface area contributed by atoms with Crippen LogP contribution in [0, 0.1) is 5.41 Å². The van der Waals surface area contributed by atoms with E-state index in [1.54, 1.807) is 13.8 Å². The predicted molar refractivity (Wildman–Crippen MR) is 66.8 cm³/mol. The van der Waals surface area contributed by atoms with Crippen molar-refractivity contribution in [2.45, 2.75) is 46.6 Å². The second-order valence-electron chi connectivity index (χ2n) is 4.69. The summed E-state index contributed by atoms with van der Waals surface area (Å²) in [4.78, 5) is 22.5. The molecular formula is C12H24N2O3. The molecule has 100 valence electrons. The average Bonchev–Trinajstić information content (AvgIpc) is 2.32. The van der Waals surface area contributed by atoms with Crippen LogP contribution < -0.4 is 10.6 Å². The fourth-order valence-electron chi connectivity index (χ4n) is 1.12. The Labute approximate surface area is 103 Å². The second-order valence-corrected chi connectivity index (χ2v) is 4.69. The maximum Gasteiger partial charge on any atom is 0.311 e. The SMILES string of the molecule is CCC(C)NCC(=O)NCC(C)(CC)C(=O)O. The van der Waals surface area contributed by atoms with Gasteiger partial charge in [-0.15, -0.1) is 0 Å². The molecule has 5 heteroatoms. The fraction of sp³-hybridized carbons (Fsp3) is 0.833. The van der Waals surface area contributed by atoms with Crippen molar-refractivity contribution in [2.24, 2.45) is 5.41 Å². The number of carbonyl (C=O) groups is 2. The van der Waals surface area contributed by atoms with Gasteiger partial charge in [0.25, 0.3) is 0 Å². The molecule has 1 amide bonds. The molecule has 0 saturated heterocycles. The molecule has 0 radical (unpaired) electrons. The van der Waals surface area contributed by atoms with Crippen LogP contribution >= 0.6 is 0 Å². The van der Waals surface area contributed by atoms with E-state index in [1.807, 2.05) is 13.8 Å². The molecule has 0 bridgehead atoms. The summed E-state index contributed by atoms with van der Waals surface area (Å²) in [5.41, 5.74) is -0.883. The van der Waals surface area contributed by atoms with Crippen molar-refractivity contribution in [2.75, 3.05) is 13.1 Å². The summed E-state index contributed by atoms with van der Waals surface area (Å²) in [6.45, 7) is 7.87. The van der Waals surface area contributed by atoms with Crippen molar-refractivity contribution in [1.82, 2.24) is 10.6 Å². The van der Waals surface area contributed by atoms with Crippen LogP contribution in [-0.2, 0) is 9.59 Å². The van der Waals surface area contributed by atoms with Crippen LogP contribution in [0.15, 0.2) is 0 Å². The summed E-state index contributed by atoms with van der Waals surface area (Å²) in [6, 6.07) is 0.290. The highest BCUT2D eigenvalue weighted by Gasteiger charge is 2.31. The standard InChI is InChI=1S/C12H24N2O3/c1-5-9(3)13-7-10(15)14-8-12(4,6-2)11(16)17/h9,13H,5-8H2,1-4H3,(H,14,15)(H,16,17). The second kappa shape index (κ2) is 7.27. The molecule has 0 fully saturated rings. The minimum atomic E-state index is -0.883. The first kappa shape index (κ1) is 15.9. The number of nitrogens with one attached hydrogen (secondary N) is 2. The van der Waals surface area contributed by atoms with Gasteiger partial charge < -0.3 is 15.7 Å². The van der Waals surface area contributed by atoms with Gasteiger partial charge in [0.2, 0.25) is 5.91 Å². The Hall–Kier alpha value is -1.10. The summed E-state index contributed by atoms with van der Waals surface area (Å²) in [6.07, 6.45) is 1.44. The lowest BCUT2D eigenvalue weighted by atomic mass is 9.88. The zero-order valence-electron chi connectivity index (χ0n) is 11.2. The Kier molecular flexibility index (Phi) is 6.80. The van der Waals surface area contributed by atoms with Gasteiger partial charge in [-0.3, -0.25) is 9.59 Å². The molecule has 0 saturated carbocycles. The molecule has 0 aliphatic rings. The molecule has 0 aromatic heterocycles. The van der Waals surface area contributed by atoms with Gasteiger partial charge in [0.15, 0.2) is 0 Å². The lowest BCUT2D eigenvalue weighted by molar-refractivity contribution is -0.148. The van der Waals surface area contributed by atoms with E-state index in [1.165, 1.54) is 0 Å². The van der Waals surface area contributed by atoms with Crippen molar-refractivity contribution in [3.05, 3.63) is 0 Å². The van der Waals surface area contributed by atoms with Gasteiger partial charge in [-0.1, -0.05) is 13.8 Å². The maximum atomic E-state index is 11.5. The van der Waals surface area contributed by atoms with Gasteiger partial charge >= 0.3 is 5.97 Å². The Balaban J connectivity index is 4.02. The lowest BCUT2D eigenvalue weighted by Crippen LogP contribution is -2.44. The van der Waals surface area contributed by atoms with Gasteiger partial charge in [-0.05, 0) is 26.7 Å². The Morgan fingerprint density at radius 1 is 1.35 bits per heavy atom. The number of hydrogen-bond acceptors (Lipinski definition) is 3. The molecule has 0 rings (SSSR count). The highest BCUT2D eigenvalue weighted by atomic mass is 16.4. The first-order chi connectivity index (χ1) is 7.85. The van der Waals surface area contributed by atoms with E-state index >= 15 is 0 Å². The molecule has 2 atom stereocenters. The van der Waals surface area contributed by atoms with Crippen LogP contribution in [0.1, 0.15) is 40.5 Å². The van der Waals surface area contributed by atoms with E-state index in [2.05, 4.69) is 10.6 Å². The number of aliphatic carboxylic acids is 1. The van der Waals surface area contributed by atoms with Crippen molar-refractivity contribution in [3.63, 3.8) is 0 Å². The Morgan fingerprint density at radius 3 is 2.35 bits per heavy atom. The fourth-order valence-corrected chi connectivity index (χ4v) is 1.12. The molecule has 0 heterocycles. The van der Waals surface area contributed by atoms with Crippen LogP contribution in [0.2, 0.25) is 0 Å². The molecule has 0 aliphatic heterocycles. The molecule has 0 aromatic rings. The minimum absolute atomic E-state index is 0.161. The monoisotopic (exact) mass is 244 g/mol. The highest BCUT2D eigenvalue weighted by molar-refractivity contribution is 5.80. The number of carbonyl (C=O) groups excluding carboxylic acids is 1. The number of carboxylic acid groups (broad SMARTS) is 1. The third kappa shape index (κ3) is 5.68. The summed E-state index contributed by atoms with van der Waals surface area (Å²) >= 11 is 0. The largest absolute Gasteiger partial charge is 0.481 e. The summed E-state index contributed by atoms with van der Waals surface area (Å²) < 4.78 is 0. The van der Waals surface area contributed by atoms with Crippen molar-refractivity contribution in [3.8, 4) is 0 Å². The molecule has 0 aromatic carbocycles. The normalized spacial score (nSPS) is 16.0. The predicted octanol–water partition coefficient (Wildman–Crippen LogP) is 0.992. The van der Waals surface area contributed by atoms with Gasteiger partial charge in [0, 0.05) is 12.6 Å². The lowest BCUT2D eigenvalue weighted by Gasteiger charge is -2.23. The first-order valence-electron chi connectivity index (χ1n) is 6.09. The molecule has 17 heavy (non-hydrogen) atoms. The maximum absolute atomic E-state index is 11.5. The topological polar surface area (TPSA) is 78.4 Å². The van der Waals surface area contributed by atoms with Crippen LogP contribution in [0.25, 0.3) is 0 Å². The molecule has 3 N–H and O–H groups in total. The average molecular weight is 244 g/mol. The number of hydrogen-bond donors (Lipinski definition) is 3. The van der Waals surface area contributed by atoms with Crippen LogP contribution in [0.5, 0.6) is 0 Å². The van der Waals surface area contributed by atoms with E-state index in [0.717, 1.165) is 6.42 Å². The summed E-state index contributed by atoms with van der Waals surface area (Å²) in [5.74, 6) is -1.04. The van der Waals surface area contributed by atoms with Gasteiger partial charge in [-0.2, -0.15) is 0 Å². The zero-order valence-corrected chi connectivity index (χ0v) is 11.2. The zero-order chi connectivity index (χ0) is 13.5. The highest BCUT2D eigenvalue weighted by Crippen LogP contribution is 2.19. The summed E-state index contributed by atoms with van der Waals surface area (Å²) in [7, 11) is 0. The van der Waals surface area contributed by atoms with Crippen LogP contribution in [0.4, 0.5) is 0 Å². The Bertz CT molecular complexity index is 268. The van der Waals surface area contributed by atoms with E-state index in [0.29, 0.717) is 6.42 Å². The minimum Gasteiger partial charge on any atom is -0.481 e. The van der Waals surface area contributed by atoms with E-state index in [-0.39, 0.29) is 25.0 Å². The van der Waals surface area contributed by atoms with Gasteiger partial charge in [0.05, 0.1) is 12.0 Å². The quantitative estimate of drug-likeness (QED) is 0.595. The van der Waals surface area contributed by atoms with E-state index < -0.39 is 11.4 Å². The first-order valence-corrected chi connectivity index (χ1v) is 6.09. The Morgan fingerprint density at radius 2 is 1.94 bits per heavy atom. The molecule has 0 spiro atoms. The number of carboxylic acids is 1. The third-order valence-corrected chi connectivity index (χ3v) is 3.20. The van der Waals surface area contributed by atoms with Crippen LogP contribution in [-0.4, -0.2) is 36.1 Å². The molecule has 5 nitrogen and oxygen atoms in total. The third-order valence-electron chi connectivity index (χ3n) is 3.20. The van der Waals surface area contributed by atoms with Gasteiger partial charge in [0.1, 0.15) is 0 Å². The summed E-state index contributed by atoms with van der Waals surface area (Å²) in [5, 5.41) is 14.7. The van der Waals surface area contributed by atoms with Crippen molar-refractivity contribution in [1.29, 1.82) is 0 Å². The molecular weight excluding hydrogens is 220 g/mol. The van der Waals surface area contributed by atoms with Gasteiger partial charge in [-0.25, -0.2) is 0 Å². The molecule has 2 unspecified atom stereocenters. The van der Waals surface area contributed by atoms with Crippen molar-refractivity contribution < 1.29 is 14.7 Å². The number of amides is 1. The molecule has 0 aliphatic carbocycles. The van der Waals surface area contributed by atoms with E-state index in [9.17, 15) is 9.59 Å².